The van der Waals surface area contributed by atoms with Gasteiger partial charge in [0.1, 0.15) is 23.0 Å². The second-order valence-corrected chi connectivity index (χ2v) is 7.01. The van der Waals surface area contributed by atoms with Crippen LogP contribution in [0.3, 0.4) is 0 Å². The van der Waals surface area contributed by atoms with Crippen LogP contribution in [0.1, 0.15) is 36.3 Å². The van der Waals surface area contributed by atoms with Crippen LogP contribution in [-0.2, 0) is 13.1 Å². The monoisotopic (exact) mass is 364 g/mol. The van der Waals surface area contributed by atoms with Gasteiger partial charge in [0, 0.05) is 24.7 Å². The summed E-state index contributed by atoms with van der Waals surface area (Å²) in [7, 11) is 1.64. The Bertz CT molecular complexity index is 889. The zero-order chi connectivity index (χ0) is 18.6. The van der Waals surface area contributed by atoms with Crippen molar-refractivity contribution < 1.29 is 13.9 Å². The maximum Gasteiger partial charge on any atom is 0.219 e. The maximum atomic E-state index is 5.93. The predicted octanol–water partition coefficient (Wildman–Crippen LogP) is 4.89. The molecule has 1 N–H and O–H groups in total. The molecule has 2 aromatic heterocycles. The Morgan fingerprint density at radius 1 is 1.07 bits per heavy atom. The van der Waals surface area contributed by atoms with Crippen LogP contribution in [0.5, 0.6) is 17.4 Å². The van der Waals surface area contributed by atoms with Crippen LogP contribution >= 0.6 is 0 Å². The number of nitrogens with zero attached hydrogens (tertiary/aromatic N) is 1. The molecule has 3 aromatic rings. The summed E-state index contributed by atoms with van der Waals surface area (Å²) >= 11 is 0. The Morgan fingerprint density at radius 2 is 1.85 bits per heavy atom. The number of methoxy groups -OCH3 is 1. The molecule has 1 fully saturated rings. The van der Waals surface area contributed by atoms with Gasteiger partial charge in [0.2, 0.25) is 5.88 Å². The predicted molar refractivity (Wildman–Crippen MR) is 103 cm³/mol. The summed E-state index contributed by atoms with van der Waals surface area (Å²) in [6.07, 6.45) is 3.00. The largest absolute Gasteiger partial charge is 0.497 e. The van der Waals surface area contributed by atoms with Crippen molar-refractivity contribution in [2.24, 2.45) is 5.92 Å². The number of pyridine rings is 1. The van der Waals surface area contributed by atoms with Crippen molar-refractivity contribution in [3.8, 4) is 17.4 Å². The van der Waals surface area contributed by atoms with E-state index >= 15 is 0 Å². The fraction of sp³-hybridized carbons (Fsp3) is 0.318. The highest BCUT2D eigenvalue weighted by Crippen LogP contribution is 2.47. The Labute approximate surface area is 159 Å². The second-order valence-electron chi connectivity index (χ2n) is 7.01. The van der Waals surface area contributed by atoms with Gasteiger partial charge in [-0.1, -0.05) is 6.92 Å². The first-order valence-corrected chi connectivity index (χ1v) is 9.27. The van der Waals surface area contributed by atoms with E-state index in [2.05, 4.69) is 29.4 Å². The van der Waals surface area contributed by atoms with Crippen molar-refractivity contribution >= 4 is 0 Å². The number of rotatable bonds is 8. The molecular weight excluding hydrogens is 340 g/mol. The molecule has 27 heavy (non-hydrogen) atoms. The molecule has 5 nitrogen and oxygen atoms in total. The van der Waals surface area contributed by atoms with Crippen molar-refractivity contribution in [2.45, 2.75) is 32.4 Å². The van der Waals surface area contributed by atoms with Gasteiger partial charge < -0.3 is 19.2 Å². The summed E-state index contributed by atoms with van der Waals surface area (Å²) in [6, 6.07) is 15.5. The quantitative estimate of drug-likeness (QED) is 0.617. The molecule has 2 heterocycles. The lowest BCUT2D eigenvalue weighted by atomic mass is 10.2. The van der Waals surface area contributed by atoms with E-state index in [1.807, 2.05) is 36.4 Å². The zero-order valence-electron chi connectivity index (χ0n) is 15.6. The Morgan fingerprint density at radius 3 is 2.59 bits per heavy atom. The molecule has 0 amide bonds. The van der Waals surface area contributed by atoms with E-state index in [-0.39, 0.29) is 0 Å². The molecule has 1 aliphatic carbocycles. The summed E-state index contributed by atoms with van der Waals surface area (Å²) in [6.45, 7) is 3.69. The molecule has 0 bridgehead atoms. The smallest absolute Gasteiger partial charge is 0.219 e. The van der Waals surface area contributed by atoms with Gasteiger partial charge in [0.15, 0.2) is 0 Å². The fourth-order valence-electron chi connectivity index (χ4n) is 3.12. The zero-order valence-corrected chi connectivity index (χ0v) is 15.6. The van der Waals surface area contributed by atoms with Crippen molar-refractivity contribution in [2.75, 3.05) is 7.11 Å². The first-order valence-electron chi connectivity index (χ1n) is 9.27. The molecule has 1 aromatic carbocycles. The molecule has 1 saturated carbocycles. The van der Waals surface area contributed by atoms with Crippen LogP contribution < -0.4 is 14.8 Å². The van der Waals surface area contributed by atoms with E-state index in [1.54, 1.807) is 13.3 Å². The maximum absolute atomic E-state index is 5.93. The number of nitrogens with one attached hydrogen (secondary N) is 1. The molecule has 0 radical (unpaired) electrons. The average Bonchev–Trinajstić information content (AvgIpc) is 3.23. The molecule has 0 saturated heterocycles. The van der Waals surface area contributed by atoms with Crippen LogP contribution in [0, 0.1) is 5.92 Å². The van der Waals surface area contributed by atoms with Crippen molar-refractivity contribution in [1.29, 1.82) is 0 Å². The molecule has 0 aliphatic heterocycles. The summed E-state index contributed by atoms with van der Waals surface area (Å²) in [4.78, 5) is 4.28. The van der Waals surface area contributed by atoms with Gasteiger partial charge in [-0.25, -0.2) is 4.98 Å². The van der Waals surface area contributed by atoms with Gasteiger partial charge in [-0.15, -0.1) is 0 Å². The van der Waals surface area contributed by atoms with E-state index < -0.39 is 0 Å². The molecule has 5 heteroatoms. The first kappa shape index (κ1) is 17.6. The third kappa shape index (κ3) is 4.49. The Hall–Kier alpha value is -2.79. The highest BCUT2D eigenvalue weighted by atomic mass is 16.5. The molecule has 2 atom stereocenters. The minimum atomic E-state index is 0.572. The number of hydrogen-bond acceptors (Lipinski definition) is 5. The minimum Gasteiger partial charge on any atom is -0.497 e. The van der Waals surface area contributed by atoms with E-state index in [0.717, 1.165) is 41.0 Å². The van der Waals surface area contributed by atoms with Crippen molar-refractivity contribution in [3.05, 3.63) is 71.8 Å². The highest BCUT2D eigenvalue weighted by molar-refractivity contribution is 5.34. The van der Waals surface area contributed by atoms with Gasteiger partial charge in [-0.05, 0) is 60.4 Å². The third-order valence-electron chi connectivity index (χ3n) is 4.87. The van der Waals surface area contributed by atoms with Crippen LogP contribution in [0.15, 0.2) is 59.1 Å². The van der Waals surface area contributed by atoms with Gasteiger partial charge >= 0.3 is 0 Å². The van der Waals surface area contributed by atoms with E-state index in [4.69, 9.17) is 13.9 Å². The van der Waals surface area contributed by atoms with Crippen LogP contribution in [0.25, 0.3) is 0 Å². The minimum absolute atomic E-state index is 0.572. The SMILES string of the molecule is COc1ccc(Oc2cc(CNCc3ccc(C4CC4C)o3)ccn2)cc1. The van der Waals surface area contributed by atoms with Crippen LogP contribution in [-0.4, -0.2) is 12.1 Å². The topological polar surface area (TPSA) is 56.5 Å². The number of ether oxygens (including phenoxy) is 2. The summed E-state index contributed by atoms with van der Waals surface area (Å²) in [5, 5.41) is 3.41. The lowest BCUT2D eigenvalue weighted by Gasteiger charge is -2.08. The van der Waals surface area contributed by atoms with E-state index in [0.29, 0.717) is 18.3 Å². The van der Waals surface area contributed by atoms with Gasteiger partial charge in [-0.3, -0.25) is 0 Å². The van der Waals surface area contributed by atoms with Crippen LogP contribution in [0.2, 0.25) is 0 Å². The second kappa shape index (κ2) is 7.84. The third-order valence-corrected chi connectivity index (χ3v) is 4.87. The van der Waals surface area contributed by atoms with E-state index in [9.17, 15) is 0 Å². The molecule has 140 valence electrons. The number of benzene rings is 1. The number of aromatic nitrogens is 1. The Kier molecular flexibility index (Phi) is 5.12. The first-order chi connectivity index (χ1) is 13.2. The summed E-state index contributed by atoms with van der Waals surface area (Å²) in [5.41, 5.74) is 1.11. The molecule has 0 spiro atoms. The average molecular weight is 364 g/mol. The summed E-state index contributed by atoms with van der Waals surface area (Å²) < 4.78 is 16.9. The number of hydrogen-bond donors (Lipinski definition) is 1. The van der Waals surface area contributed by atoms with Gasteiger partial charge in [-0.2, -0.15) is 0 Å². The van der Waals surface area contributed by atoms with Gasteiger partial charge in [0.05, 0.1) is 13.7 Å². The standard InChI is InChI=1S/C22H24N2O3/c1-15-11-20(15)21-8-7-19(26-21)14-23-13-16-9-10-24-22(12-16)27-18-5-3-17(25-2)4-6-18/h3-10,12,15,20,23H,11,13-14H2,1-2H3. The van der Waals surface area contributed by atoms with E-state index in [1.165, 1.54) is 6.42 Å². The number of furan rings is 1. The normalized spacial score (nSPS) is 18.3. The molecule has 4 rings (SSSR count). The van der Waals surface area contributed by atoms with Crippen LogP contribution in [0.4, 0.5) is 0 Å². The van der Waals surface area contributed by atoms with Gasteiger partial charge in [0.25, 0.3) is 0 Å². The Balaban J connectivity index is 1.30. The van der Waals surface area contributed by atoms with Crippen molar-refractivity contribution in [1.82, 2.24) is 10.3 Å². The van der Waals surface area contributed by atoms with Crippen molar-refractivity contribution in [3.63, 3.8) is 0 Å². The highest BCUT2D eigenvalue weighted by Gasteiger charge is 2.36. The molecule has 2 unspecified atom stereocenters. The fourth-order valence-corrected chi connectivity index (χ4v) is 3.12. The lowest BCUT2D eigenvalue weighted by Crippen LogP contribution is -2.12. The molecular formula is C22H24N2O3. The lowest BCUT2D eigenvalue weighted by molar-refractivity contribution is 0.412. The molecule has 1 aliphatic rings. The summed E-state index contributed by atoms with van der Waals surface area (Å²) in [5.74, 6) is 5.58.